The minimum Gasteiger partial charge on any atom is -0.497 e. The Labute approximate surface area is 203 Å². The molecule has 3 fully saturated rings. The van der Waals surface area contributed by atoms with Crippen molar-refractivity contribution >= 4 is 44.0 Å². The molecule has 4 heterocycles. The van der Waals surface area contributed by atoms with Crippen LogP contribution in [0.1, 0.15) is 5.56 Å². The van der Waals surface area contributed by atoms with Gasteiger partial charge in [0.1, 0.15) is 11.4 Å². The highest BCUT2D eigenvalue weighted by atomic mass is 35.5. The Hall–Kier alpha value is -2.10. The largest absolute Gasteiger partial charge is 0.497 e. The maximum Gasteiger partial charge on any atom is 0.231 e. The minimum atomic E-state index is 0.601. The average Bonchev–Trinajstić information content (AvgIpc) is 3.26. The Morgan fingerprint density at radius 1 is 1.09 bits per heavy atom. The van der Waals surface area contributed by atoms with E-state index in [1.807, 2.05) is 30.3 Å². The molecule has 0 spiro atoms. The Morgan fingerprint density at radius 2 is 1.91 bits per heavy atom. The van der Waals surface area contributed by atoms with Gasteiger partial charge >= 0.3 is 0 Å². The summed E-state index contributed by atoms with van der Waals surface area (Å²) < 4.78 is 7.60. The van der Waals surface area contributed by atoms with Gasteiger partial charge in [0.15, 0.2) is 0 Å². The van der Waals surface area contributed by atoms with Gasteiger partial charge < -0.3 is 14.5 Å². The van der Waals surface area contributed by atoms with Gasteiger partial charge in [0.05, 0.1) is 48.5 Å². The number of fused-ring (bicyclic) bond motifs is 4. The fourth-order valence-electron chi connectivity index (χ4n) is 4.69. The number of rotatable bonds is 9. The third kappa shape index (κ3) is 5.36. The molecule has 1 N–H and O–H groups in total. The lowest BCUT2D eigenvalue weighted by molar-refractivity contribution is -0.939. The number of quaternary nitrogens is 1. The van der Waals surface area contributed by atoms with Crippen LogP contribution in [0.4, 0.5) is 10.8 Å². The van der Waals surface area contributed by atoms with Crippen LogP contribution in [0.3, 0.4) is 0 Å². The summed E-state index contributed by atoms with van der Waals surface area (Å²) in [7, 11) is 1.65. The Kier molecular flexibility index (Phi) is 6.89. The Balaban J connectivity index is 1.12. The molecule has 3 aliphatic heterocycles. The van der Waals surface area contributed by atoms with E-state index in [-0.39, 0.29) is 0 Å². The van der Waals surface area contributed by atoms with E-state index in [1.54, 1.807) is 7.11 Å². The second-order valence-electron chi connectivity index (χ2n) is 8.89. The van der Waals surface area contributed by atoms with E-state index >= 15 is 0 Å². The summed E-state index contributed by atoms with van der Waals surface area (Å²) in [5, 5.41) is 13.5. The predicted octanol–water partition coefficient (Wildman–Crippen LogP) is 4.65. The van der Waals surface area contributed by atoms with Crippen LogP contribution in [-0.4, -0.2) is 80.4 Å². The fraction of sp³-hybridized carbons (Fsp3) is 0.458. The van der Waals surface area contributed by atoms with Gasteiger partial charge in [-0.3, -0.25) is 4.90 Å². The number of hydrogen-bond donors (Lipinski definition) is 1. The zero-order valence-corrected chi connectivity index (χ0v) is 20.5. The molecule has 0 amide bonds. The van der Waals surface area contributed by atoms with E-state index < -0.39 is 0 Å². The molecule has 3 saturated heterocycles. The van der Waals surface area contributed by atoms with Crippen LogP contribution in [0.25, 0.3) is 10.2 Å². The monoisotopic (exact) mass is 485 g/mol. The van der Waals surface area contributed by atoms with Crippen molar-refractivity contribution in [2.45, 2.75) is 6.42 Å². The summed E-state index contributed by atoms with van der Waals surface area (Å²) in [6.45, 7) is 11.1. The van der Waals surface area contributed by atoms with Crippen LogP contribution in [0.2, 0.25) is 5.02 Å². The van der Waals surface area contributed by atoms with Crippen LogP contribution < -0.4 is 10.1 Å². The van der Waals surface area contributed by atoms with Crippen molar-refractivity contribution in [3.8, 4) is 5.75 Å². The van der Waals surface area contributed by atoms with Crippen molar-refractivity contribution < 1.29 is 9.22 Å². The van der Waals surface area contributed by atoms with Gasteiger partial charge in [-0.05, 0) is 42.8 Å². The number of nitrogens with zero attached hydrogens (tertiary/aromatic N) is 5. The zero-order valence-electron chi connectivity index (χ0n) is 19.0. The fourth-order valence-corrected chi connectivity index (χ4v) is 5.70. The molecule has 33 heavy (non-hydrogen) atoms. The number of aromatic nitrogens is 1. The van der Waals surface area contributed by atoms with Crippen molar-refractivity contribution in [1.82, 2.24) is 15.2 Å². The van der Waals surface area contributed by atoms with Gasteiger partial charge in [0.2, 0.25) is 5.13 Å². The summed E-state index contributed by atoms with van der Waals surface area (Å²) in [6, 6.07) is 11.8. The summed E-state index contributed by atoms with van der Waals surface area (Å²) in [5.74, 6) is 0.780. The molecule has 0 unspecified atom stereocenters. The average molecular weight is 486 g/mol. The van der Waals surface area contributed by atoms with Crippen molar-refractivity contribution in [2.75, 3.05) is 66.0 Å². The lowest BCUT2D eigenvalue weighted by Gasteiger charge is -2.50. The van der Waals surface area contributed by atoms with Crippen LogP contribution in [-0.2, 0) is 6.42 Å². The minimum absolute atomic E-state index is 0.601. The van der Waals surface area contributed by atoms with Gasteiger partial charge in [-0.15, -0.1) is 10.2 Å². The van der Waals surface area contributed by atoms with Gasteiger partial charge in [0, 0.05) is 32.2 Å². The van der Waals surface area contributed by atoms with Crippen molar-refractivity contribution in [2.24, 2.45) is 10.2 Å². The molecule has 6 rings (SSSR count). The molecule has 2 bridgehead atoms. The standard InChI is InChI=1S/C24H30ClN6OS/c1-32-19-3-5-23-22(17-19)27-24(33-23)29-28-21-4-2-18(16-20(21)25)6-7-26-8-12-31-13-9-30(10-14-31)11-15-31/h2-5,16-17,26H,6-15H2,1H3/q+1. The molecule has 0 saturated carbocycles. The highest BCUT2D eigenvalue weighted by Crippen LogP contribution is 2.33. The molecule has 174 valence electrons. The van der Waals surface area contributed by atoms with Gasteiger partial charge in [0.25, 0.3) is 0 Å². The highest BCUT2D eigenvalue weighted by Gasteiger charge is 2.37. The quantitative estimate of drug-likeness (QED) is 0.272. The maximum atomic E-state index is 6.48. The van der Waals surface area contributed by atoms with Crippen molar-refractivity contribution in [3.63, 3.8) is 0 Å². The maximum absolute atomic E-state index is 6.48. The molecule has 9 heteroatoms. The number of methoxy groups -OCH3 is 1. The Bertz CT molecular complexity index is 1130. The Morgan fingerprint density at radius 3 is 2.67 bits per heavy atom. The topological polar surface area (TPSA) is 62.1 Å². The summed E-state index contributed by atoms with van der Waals surface area (Å²) in [5.41, 5.74) is 2.72. The van der Waals surface area contributed by atoms with E-state index in [2.05, 4.69) is 31.5 Å². The van der Waals surface area contributed by atoms with E-state index in [4.69, 9.17) is 16.3 Å². The number of nitrogens with one attached hydrogen (secondary N) is 1. The van der Waals surface area contributed by atoms with Gasteiger partial charge in [-0.2, -0.15) is 0 Å². The lowest BCUT2D eigenvalue weighted by atomic mass is 10.1. The summed E-state index contributed by atoms with van der Waals surface area (Å²) >= 11 is 7.98. The molecule has 0 atom stereocenters. The molecule has 7 nitrogen and oxygen atoms in total. The molecule has 1 aromatic heterocycles. The second kappa shape index (κ2) is 10.0. The zero-order chi connectivity index (χ0) is 22.7. The summed E-state index contributed by atoms with van der Waals surface area (Å²) in [6.07, 6.45) is 0.949. The molecular weight excluding hydrogens is 456 g/mol. The third-order valence-corrected chi connectivity index (χ3v) is 8.09. The number of piperazine rings is 3. The SMILES string of the molecule is COc1ccc2sc(N=Nc3ccc(CCNCC[N+]45CCN(CC4)CC5)cc3Cl)nc2c1. The molecule has 2 aromatic carbocycles. The van der Waals surface area contributed by atoms with Crippen molar-refractivity contribution in [3.05, 3.63) is 47.0 Å². The van der Waals surface area contributed by atoms with Gasteiger partial charge in [-0.25, -0.2) is 4.98 Å². The van der Waals surface area contributed by atoms with Crippen molar-refractivity contribution in [1.29, 1.82) is 0 Å². The first-order valence-corrected chi connectivity index (χ1v) is 12.7. The van der Waals surface area contributed by atoms with E-state index in [0.29, 0.717) is 15.8 Å². The number of azo groups is 1. The van der Waals surface area contributed by atoms with E-state index in [9.17, 15) is 0 Å². The first-order valence-electron chi connectivity index (χ1n) is 11.6. The van der Waals surface area contributed by atoms with Crippen LogP contribution in [0.15, 0.2) is 46.6 Å². The first-order chi connectivity index (χ1) is 16.1. The smallest absolute Gasteiger partial charge is 0.231 e. The number of ether oxygens (including phenoxy) is 1. The van der Waals surface area contributed by atoms with E-state index in [1.165, 1.54) is 67.2 Å². The number of halogens is 1. The van der Waals surface area contributed by atoms with Crippen LogP contribution in [0, 0.1) is 0 Å². The number of benzene rings is 2. The molecule has 3 aromatic rings. The van der Waals surface area contributed by atoms with Crippen LogP contribution in [0.5, 0.6) is 5.75 Å². The predicted molar refractivity (Wildman–Crippen MR) is 135 cm³/mol. The lowest BCUT2D eigenvalue weighted by Crippen LogP contribution is -2.68. The second-order valence-corrected chi connectivity index (χ2v) is 10.3. The molecule has 0 aliphatic carbocycles. The first kappa shape index (κ1) is 22.7. The van der Waals surface area contributed by atoms with E-state index in [0.717, 1.165) is 35.5 Å². The normalized spacial score (nSPS) is 22.4. The molecule has 0 radical (unpaired) electrons. The third-order valence-electron chi connectivity index (χ3n) is 6.86. The highest BCUT2D eigenvalue weighted by molar-refractivity contribution is 7.21. The molecule has 3 aliphatic rings. The summed E-state index contributed by atoms with van der Waals surface area (Å²) in [4.78, 5) is 7.11. The van der Waals surface area contributed by atoms with Gasteiger partial charge in [-0.1, -0.05) is 29.0 Å². The number of thiazole rings is 1. The molecular formula is C24H30ClN6OS+. The van der Waals surface area contributed by atoms with Crippen LogP contribution >= 0.6 is 22.9 Å². The number of hydrogen-bond acceptors (Lipinski definition) is 7.